The molecule has 2 amide bonds. The smallest absolute Gasteiger partial charge is 0.317 e. The quantitative estimate of drug-likeness (QED) is 0.916. The van der Waals surface area contributed by atoms with Crippen LogP contribution < -0.4 is 5.32 Å². The number of halogens is 1. The van der Waals surface area contributed by atoms with Crippen molar-refractivity contribution in [2.75, 3.05) is 19.7 Å². The molecule has 1 heterocycles. The Labute approximate surface area is 151 Å². The number of ether oxygens (including phenoxy) is 1. The monoisotopic (exact) mass is 355 g/mol. The highest BCUT2D eigenvalue weighted by molar-refractivity contribution is 6.30. The molecular weight excluding hydrogens is 338 g/mol. The lowest BCUT2D eigenvalue weighted by Crippen LogP contribution is -2.46. The Bertz CT molecular complexity index is 786. The van der Waals surface area contributed by atoms with Crippen molar-refractivity contribution in [1.29, 1.82) is 5.26 Å². The maximum absolute atomic E-state index is 12.4. The Morgan fingerprint density at radius 2 is 2.12 bits per heavy atom. The average Bonchev–Trinajstić information content (AvgIpc) is 2.67. The van der Waals surface area contributed by atoms with Gasteiger partial charge in [-0.25, -0.2) is 4.79 Å². The minimum Gasteiger partial charge on any atom is -0.370 e. The van der Waals surface area contributed by atoms with E-state index < -0.39 is 0 Å². The summed E-state index contributed by atoms with van der Waals surface area (Å²) in [6, 6.07) is 16.7. The molecule has 128 valence electrons. The Morgan fingerprint density at radius 3 is 2.88 bits per heavy atom. The summed E-state index contributed by atoms with van der Waals surface area (Å²) in [6.07, 6.45) is -0.154. The Balaban J connectivity index is 1.58. The Kier molecular flexibility index (Phi) is 5.54. The first-order valence-electron chi connectivity index (χ1n) is 8.04. The van der Waals surface area contributed by atoms with Crippen molar-refractivity contribution < 1.29 is 9.53 Å². The lowest BCUT2D eigenvalue weighted by Gasteiger charge is -2.33. The van der Waals surface area contributed by atoms with E-state index in [1.807, 2.05) is 36.4 Å². The fourth-order valence-corrected chi connectivity index (χ4v) is 2.88. The van der Waals surface area contributed by atoms with Gasteiger partial charge in [0.05, 0.1) is 24.8 Å². The maximum atomic E-state index is 12.4. The van der Waals surface area contributed by atoms with E-state index in [9.17, 15) is 4.79 Å². The van der Waals surface area contributed by atoms with Crippen molar-refractivity contribution in [3.05, 3.63) is 70.2 Å². The van der Waals surface area contributed by atoms with Crippen LogP contribution in [-0.4, -0.2) is 30.6 Å². The van der Waals surface area contributed by atoms with Gasteiger partial charge in [-0.05, 0) is 35.4 Å². The minimum absolute atomic E-state index is 0.135. The van der Waals surface area contributed by atoms with Crippen molar-refractivity contribution in [3.8, 4) is 6.07 Å². The molecule has 0 radical (unpaired) electrons. The van der Waals surface area contributed by atoms with Crippen LogP contribution in [0.4, 0.5) is 4.79 Å². The van der Waals surface area contributed by atoms with Crippen LogP contribution in [0.5, 0.6) is 0 Å². The van der Waals surface area contributed by atoms with Crippen LogP contribution in [0.25, 0.3) is 0 Å². The average molecular weight is 356 g/mol. The zero-order valence-corrected chi connectivity index (χ0v) is 14.4. The molecule has 2 aromatic rings. The van der Waals surface area contributed by atoms with Gasteiger partial charge in [0.1, 0.15) is 6.10 Å². The van der Waals surface area contributed by atoms with E-state index in [0.717, 1.165) is 11.1 Å². The van der Waals surface area contributed by atoms with E-state index in [1.54, 1.807) is 17.0 Å². The number of hydrogen-bond acceptors (Lipinski definition) is 3. The van der Waals surface area contributed by atoms with Crippen LogP contribution in [0, 0.1) is 11.3 Å². The van der Waals surface area contributed by atoms with Crippen LogP contribution >= 0.6 is 11.6 Å². The van der Waals surface area contributed by atoms with Crippen LogP contribution in [0.3, 0.4) is 0 Å². The van der Waals surface area contributed by atoms with Gasteiger partial charge in [0.15, 0.2) is 0 Å². The van der Waals surface area contributed by atoms with E-state index in [0.29, 0.717) is 36.8 Å². The molecule has 1 saturated heterocycles. The van der Waals surface area contributed by atoms with Gasteiger partial charge in [0, 0.05) is 18.1 Å². The van der Waals surface area contributed by atoms with Crippen molar-refractivity contribution >= 4 is 17.6 Å². The highest BCUT2D eigenvalue weighted by Gasteiger charge is 2.25. The summed E-state index contributed by atoms with van der Waals surface area (Å²) in [5, 5.41) is 12.5. The summed E-state index contributed by atoms with van der Waals surface area (Å²) < 4.78 is 5.78. The SMILES string of the molecule is N#Cc1cccc(CNC(=O)N2CCOC(c3ccc(Cl)cc3)C2)c1. The second-order valence-electron chi connectivity index (χ2n) is 5.83. The topological polar surface area (TPSA) is 65.4 Å². The van der Waals surface area contributed by atoms with Gasteiger partial charge in [-0.15, -0.1) is 0 Å². The molecule has 3 rings (SSSR count). The molecule has 0 spiro atoms. The van der Waals surface area contributed by atoms with Crippen LogP contribution in [0.15, 0.2) is 48.5 Å². The summed E-state index contributed by atoms with van der Waals surface area (Å²) in [7, 11) is 0. The molecule has 0 saturated carbocycles. The van der Waals surface area contributed by atoms with Crippen molar-refractivity contribution in [2.45, 2.75) is 12.6 Å². The maximum Gasteiger partial charge on any atom is 0.317 e. The van der Waals surface area contributed by atoms with Gasteiger partial charge in [0.25, 0.3) is 0 Å². The highest BCUT2D eigenvalue weighted by atomic mass is 35.5. The molecular formula is C19H18ClN3O2. The summed E-state index contributed by atoms with van der Waals surface area (Å²) >= 11 is 5.92. The number of nitrogens with zero attached hydrogens (tertiary/aromatic N) is 2. The predicted molar refractivity (Wildman–Crippen MR) is 95.1 cm³/mol. The summed E-state index contributed by atoms with van der Waals surface area (Å²) in [6.45, 7) is 1.92. The zero-order chi connectivity index (χ0) is 17.6. The molecule has 25 heavy (non-hydrogen) atoms. The third kappa shape index (κ3) is 4.50. The summed E-state index contributed by atoms with van der Waals surface area (Å²) in [5.41, 5.74) is 2.49. The Hall–Kier alpha value is -2.55. The van der Waals surface area contributed by atoms with Crippen molar-refractivity contribution in [1.82, 2.24) is 10.2 Å². The fourth-order valence-electron chi connectivity index (χ4n) is 2.75. The molecule has 0 aliphatic carbocycles. The number of carbonyl (C=O) groups is 1. The highest BCUT2D eigenvalue weighted by Crippen LogP contribution is 2.23. The van der Waals surface area contributed by atoms with E-state index in [-0.39, 0.29) is 12.1 Å². The third-order valence-corrected chi connectivity index (χ3v) is 4.35. The normalized spacial score (nSPS) is 17.0. The molecule has 5 nitrogen and oxygen atoms in total. The van der Waals surface area contributed by atoms with E-state index in [1.165, 1.54) is 0 Å². The second kappa shape index (κ2) is 8.02. The summed E-state index contributed by atoms with van der Waals surface area (Å²) in [4.78, 5) is 14.2. The van der Waals surface area contributed by atoms with Gasteiger partial charge >= 0.3 is 6.03 Å². The lowest BCUT2D eigenvalue weighted by atomic mass is 10.1. The predicted octanol–water partition coefficient (Wildman–Crippen LogP) is 3.49. The van der Waals surface area contributed by atoms with Crippen LogP contribution in [0.1, 0.15) is 22.8 Å². The molecule has 6 heteroatoms. The third-order valence-electron chi connectivity index (χ3n) is 4.10. The first kappa shape index (κ1) is 17.3. The Morgan fingerprint density at radius 1 is 1.32 bits per heavy atom. The van der Waals surface area contributed by atoms with Gasteiger partial charge in [-0.2, -0.15) is 5.26 Å². The molecule has 0 bridgehead atoms. The van der Waals surface area contributed by atoms with Gasteiger partial charge in [-0.1, -0.05) is 35.9 Å². The molecule has 1 unspecified atom stereocenters. The van der Waals surface area contributed by atoms with Crippen LogP contribution in [0.2, 0.25) is 5.02 Å². The van der Waals surface area contributed by atoms with Gasteiger partial charge < -0.3 is 15.0 Å². The molecule has 1 fully saturated rings. The van der Waals surface area contributed by atoms with Crippen LogP contribution in [-0.2, 0) is 11.3 Å². The van der Waals surface area contributed by atoms with E-state index in [2.05, 4.69) is 11.4 Å². The minimum atomic E-state index is -0.154. The summed E-state index contributed by atoms with van der Waals surface area (Å²) in [5.74, 6) is 0. The molecule has 1 aliphatic heterocycles. The first-order valence-corrected chi connectivity index (χ1v) is 8.42. The van der Waals surface area contributed by atoms with Crippen molar-refractivity contribution in [2.24, 2.45) is 0 Å². The first-order chi connectivity index (χ1) is 12.2. The number of hydrogen-bond donors (Lipinski definition) is 1. The number of urea groups is 1. The van der Waals surface area contributed by atoms with Gasteiger partial charge in [0.2, 0.25) is 0 Å². The van der Waals surface area contributed by atoms with E-state index >= 15 is 0 Å². The standard InChI is InChI=1S/C19H18ClN3O2/c20-17-6-4-16(5-7-17)18-13-23(8-9-25-18)19(24)22-12-15-3-1-2-14(10-15)11-21/h1-7,10,18H,8-9,12-13H2,(H,22,24). The number of nitriles is 1. The molecule has 2 aromatic carbocycles. The molecule has 0 aromatic heterocycles. The van der Waals surface area contributed by atoms with Crippen molar-refractivity contribution in [3.63, 3.8) is 0 Å². The van der Waals surface area contributed by atoms with E-state index in [4.69, 9.17) is 21.6 Å². The number of carbonyl (C=O) groups excluding carboxylic acids is 1. The number of benzene rings is 2. The second-order valence-corrected chi connectivity index (χ2v) is 6.26. The molecule has 1 aliphatic rings. The lowest BCUT2D eigenvalue weighted by molar-refractivity contribution is -0.0154. The fraction of sp³-hybridized carbons (Fsp3) is 0.263. The largest absolute Gasteiger partial charge is 0.370 e. The number of rotatable bonds is 3. The number of morpholine rings is 1. The number of amides is 2. The number of nitrogens with one attached hydrogen (secondary N) is 1. The zero-order valence-electron chi connectivity index (χ0n) is 13.6. The molecule has 1 N–H and O–H groups in total. The van der Waals surface area contributed by atoms with Gasteiger partial charge in [-0.3, -0.25) is 0 Å². The molecule has 1 atom stereocenters.